The third-order valence-corrected chi connectivity index (χ3v) is 9.52. The van der Waals surface area contributed by atoms with E-state index in [1.165, 1.54) is 0 Å². The van der Waals surface area contributed by atoms with Crippen molar-refractivity contribution in [3.63, 3.8) is 0 Å². The van der Waals surface area contributed by atoms with E-state index in [4.69, 9.17) is 44.1 Å². The van der Waals surface area contributed by atoms with Crippen LogP contribution in [0, 0.1) is 0 Å². The molecule has 2 aromatic heterocycles. The summed E-state index contributed by atoms with van der Waals surface area (Å²) in [5.41, 5.74) is 4.74. The van der Waals surface area contributed by atoms with Crippen molar-refractivity contribution in [2.45, 2.75) is 70.9 Å². The maximum absolute atomic E-state index is 12.0. The molecule has 1 saturated carbocycles. The monoisotopic (exact) mass is 651 g/mol. The minimum atomic E-state index is -1.03. The highest BCUT2D eigenvalue weighted by atomic mass is 35.5. The Balaban J connectivity index is 1.25. The molecule has 5 aromatic rings. The number of carbonyl (C=O) groups is 1. The molecule has 10 heteroatoms. The van der Waals surface area contributed by atoms with Crippen LogP contribution < -0.4 is 4.74 Å². The van der Waals surface area contributed by atoms with E-state index in [1.807, 2.05) is 58.0 Å². The topological polar surface area (TPSA) is 90.4 Å². The molecule has 1 aliphatic carbocycles. The average molecular weight is 653 g/mol. The number of benzene rings is 3. The minimum absolute atomic E-state index is 0.0440. The van der Waals surface area contributed by atoms with Gasteiger partial charge in [-0.1, -0.05) is 78.9 Å². The lowest BCUT2D eigenvalue weighted by Gasteiger charge is -2.15. The van der Waals surface area contributed by atoms with Gasteiger partial charge in [-0.2, -0.15) is 5.10 Å². The van der Waals surface area contributed by atoms with E-state index in [2.05, 4.69) is 23.2 Å². The van der Waals surface area contributed by atoms with Gasteiger partial charge in [-0.05, 0) is 73.7 Å². The lowest BCUT2D eigenvalue weighted by molar-refractivity contribution is 0.0691. The fourth-order valence-corrected chi connectivity index (χ4v) is 6.94. The quantitative estimate of drug-likeness (QED) is 0.170. The van der Waals surface area contributed by atoms with Crippen molar-refractivity contribution in [1.82, 2.24) is 14.9 Å². The molecule has 0 amide bonds. The number of halogens is 3. The van der Waals surface area contributed by atoms with Crippen LogP contribution in [0.3, 0.4) is 0 Å². The van der Waals surface area contributed by atoms with Crippen LogP contribution in [-0.4, -0.2) is 26.0 Å². The maximum atomic E-state index is 12.0. The highest BCUT2D eigenvalue weighted by Crippen LogP contribution is 2.61. The molecular weight excluding hydrogens is 621 g/mol. The first-order valence-corrected chi connectivity index (χ1v) is 15.6. The molecule has 1 aliphatic rings. The summed E-state index contributed by atoms with van der Waals surface area (Å²) in [5.74, 6) is 0.530. The Hall–Kier alpha value is -3.52. The highest BCUT2D eigenvalue weighted by molar-refractivity contribution is 6.39. The Morgan fingerprint density at radius 3 is 2.43 bits per heavy atom. The Kier molecular flexibility index (Phi) is 7.93. The number of carboxylic acids is 1. The Morgan fingerprint density at radius 1 is 1.07 bits per heavy atom. The van der Waals surface area contributed by atoms with Crippen molar-refractivity contribution >= 4 is 51.7 Å². The number of ether oxygens (including phenoxy) is 1. The van der Waals surface area contributed by atoms with Crippen LogP contribution in [0.4, 0.5) is 0 Å². The average Bonchev–Trinajstić information content (AvgIpc) is 3.29. The number of nitrogens with zero attached hydrogens (tertiary/aromatic N) is 3. The van der Waals surface area contributed by atoms with Crippen molar-refractivity contribution in [3.8, 4) is 17.0 Å². The zero-order chi connectivity index (χ0) is 31.5. The van der Waals surface area contributed by atoms with E-state index in [9.17, 15) is 9.90 Å². The molecule has 44 heavy (non-hydrogen) atoms. The summed E-state index contributed by atoms with van der Waals surface area (Å²) in [7, 11) is 0. The van der Waals surface area contributed by atoms with Crippen LogP contribution in [-0.2, 0) is 12.0 Å². The van der Waals surface area contributed by atoms with Gasteiger partial charge in [-0.3, -0.25) is 4.68 Å². The lowest BCUT2D eigenvalue weighted by atomic mass is 9.91. The maximum Gasteiger partial charge on any atom is 0.357 e. The van der Waals surface area contributed by atoms with Crippen molar-refractivity contribution in [2.75, 3.05) is 0 Å². The van der Waals surface area contributed by atoms with E-state index >= 15 is 0 Å². The number of hydrogen-bond acceptors (Lipinski definition) is 5. The van der Waals surface area contributed by atoms with E-state index in [0.29, 0.717) is 43.2 Å². The summed E-state index contributed by atoms with van der Waals surface area (Å²) in [6, 6.07) is 17.2. The van der Waals surface area contributed by atoms with E-state index in [-0.39, 0.29) is 35.6 Å². The summed E-state index contributed by atoms with van der Waals surface area (Å²) in [5, 5.41) is 20.7. The molecule has 0 bridgehead atoms. The molecule has 2 unspecified atom stereocenters. The normalized spacial score (nSPS) is 18.0. The number of hydrogen-bond donors (Lipinski definition) is 1. The zero-order valence-corrected chi connectivity index (χ0v) is 27.3. The molecule has 2 atom stereocenters. The van der Waals surface area contributed by atoms with Gasteiger partial charge in [0.1, 0.15) is 23.8 Å². The van der Waals surface area contributed by atoms with E-state index in [1.54, 1.807) is 22.9 Å². The summed E-state index contributed by atoms with van der Waals surface area (Å²) >= 11 is 19.8. The first-order chi connectivity index (χ1) is 20.9. The molecule has 0 aliphatic heterocycles. The summed E-state index contributed by atoms with van der Waals surface area (Å²) in [6.07, 6.45) is 0.888. The molecule has 1 N–H and O–H groups in total. The number of fused-ring (bicyclic) bond motifs is 1. The fraction of sp³-hybridized carbons (Fsp3) is 0.324. The molecule has 228 valence electrons. The van der Waals surface area contributed by atoms with Crippen LogP contribution in [0.25, 0.3) is 22.2 Å². The van der Waals surface area contributed by atoms with Crippen LogP contribution >= 0.6 is 34.8 Å². The first-order valence-electron chi connectivity index (χ1n) is 14.5. The van der Waals surface area contributed by atoms with Crippen molar-refractivity contribution in [2.24, 2.45) is 0 Å². The highest BCUT2D eigenvalue weighted by Gasteiger charge is 2.52. The first kappa shape index (κ1) is 30.5. The predicted molar refractivity (Wildman–Crippen MR) is 174 cm³/mol. The molecule has 0 radical (unpaired) electrons. The van der Waals surface area contributed by atoms with Gasteiger partial charge in [0.2, 0.25) is 0 Å². The second-order valence-electron chi connectivity index (χ2n) is 12.2. The van der Waals surface area contributed by atoms with Gasteiger partial charge in [0.05, 0.1) is 21.1 Å². The smallest absolute Gasteiger partial charge is 0.357 e. The Morgan fingerprint density at radius 2 is 1.80 bits per heavy atom. The van der Waals surface area contributed by atoms with E-state index in [0.717, 1.165) is 28.6 Å². The van der Waals surface area contributed by atoms with Crippen LogP contribution in [0.5, 0.6) is 5.75 Å². The van der Waals surface area contributed by atoms with E-state index < -0.39 is 5.97 Å². The van der Waals surface area contributed by atoms with Crippen molar-refractivity contribution in [3.05, 3.63) is 97.8 Å². The molecule has 1 fully saturated rings. The van der Waals surface area contributed by atoms with Crippen molar-refractivity contribution < 1.29 is 19.2 Å². The zero-order valence-electron chi connectivity index (χ0n) is 25.0. The summed E-state index contributed by atoms with van der Waals surface area (Å²) in [4.78, 5) is 12.0. The molecular formula is C34H32Cl3N3O4. The molecule has 6 rings (SSSR count). The fourth-order valence-electron chi connectivity index (χ4n) is 6.06. The molecule has 3 aromatic carbocycles. The predicted octanol–water partition coefficient (Wildman–Crippen LogP) is 10.1. The van der Waals surface area contributed by atoms with Crippen LogP contribution in [0.1, 0.15) is 91.9 Å². The van der Waals surface area contributed by atoms with Crippen molar-refractivity contribution in [1.29, 1.82) is 0 Å². The number of aromatic carboxylic acids is 1. The molecule has 0 spiro atoms. The van der Waals surface area contributed by atoms with Gasteiger partial charge in [-0.15, -0.1) is 0 Å². The van der Waals surface area contributed by atoms with Gasteiger partial charge in [-0.25, -0.2) is 4.79 Å². The number of rotatable bonds is 9. The number of aromatic nitrogens is 3. The van der Waals surface area contributed by atoms with Gasteiger partial charge in [0, 0.05) is 33.3 Å². The van der Waals surface area contributed by atoms with Gasteiger partial charge in [0.25, 0.3) is 0 Å². The second-order valence-corrected chi connectivity index (χ2v) is 13.4. The number of carboxylic acid groups (broad SMARTS) is 1. The minimum Gasteiger partial charge on any atom is -0.489 e. The SMILES string of the molecule is CC(C)c1onc(-c2c(Cl)cccc2Cl)c1COc1ccc(C2CC2(C)c2ccc3c(c2)c(C(=O)O)nn3C(C)C)c(Cl)c1. The van der Waals surface area contributed by atoms with Gasteiger partial charge < -0.3 is 14.4 Å². The van der Waals surface area contributed by atoms with Gasteiger partial charge >= 0.3 is 5.97 Å². The third kappa shape index (κ3) is 5.25. The largest absolute Gasteiger partial charge is 0.489 e. The second kappa shape index (κ2) is 11.4. The van der Waals surface area contributed by atoms with Crippen LogP contribution in [0.2, 0.25) is 15.1 Å². The van der Waals surface area contributed by atoms with Gasteiger partial charge in [0.15, 0.2) is 5.69 Å². The summed E-state index contributed by atoms with van der Waals surface area (Å²) < 4.78 is 13.7. The van der Waals surface area contributed by atoms with Crippen LogP contribution in [0.15, 0.2) is 59.1 Å². The summed E-state index contributed by atoms with van der Waals surface area (Å²) in [6.45, 7) is 10.4. The molecule has 2 heterocycles. The third-order valence-electron chi connectivity index (χ3n) is 8.57. The lowest BCUT2D eigenvalue weighted by Crippen LogP contribution is -2.05. The Bertz CT molecular complexity index is 1890. The Labute approximate surface area is 270 Å². The molecule has 0 saturated heterocycles. The molecule has 7 nitrogen and oxygen atoms in total. The standard InChI is InChI=1S/C34H32Cl3N3O4/c1-17(2)32-23(30(39-44-32)29-25(35)7-6-8-26(29)36)16-43-20-10-11-21(27(37)14-20)24-15-34(24,5)19-9-12-28-22(13-19)31(33(41)42)38-40(28)18(3)4/h6-14,17-18,24H,15-16H2,1-5H3,(H,41,42).